The summed E-state index contributed by atoms with van der Waals surface area (Å²) in [5.41, 5.74) is 0. The number of likely N-dealkylation sites (N-methyl/N-ethyl adjacent to an activating group) is 2. The molecular formula is C12H23N3O4. The van der Waals surface area contributed by atoms with Gasteiger partial charge in [0, 0.05) is 20.1 Å². The molecule has 110 valence electrons. The van der Waals surface area contributed by atoms with Crippen molar-refractivity contribution in [1.82, 2.24) is 15.1 Å². The molecule has 7 nitrogen and oxygen atoms in total. The highest BCUT2D eigenvalue weighted by Crippen LogP contribution is 2.02. The van der Waals surface area contributed by atoms with E-state index in [1.54, 1.807) is 11.8 Å². The standard InChI is InChI=1S/C12H23N3O4/c1-5-9(11(17)18)14(4)12(19)13-8-10(16)15(6-2)7-3/h9H,5-8H2,1-4H3,(H,13,19)(H,17,18). The quantitative estimate of drug-likeness (QED) is 0.700. The van der Waals surface area contributed by atoms with Gasteiger partial charge < -0.3 is 20.2 Å². The highest BCUT2D eigenvalue weighted by molar-refractivity contribution is 5.86. The van der Waals surface area contributed by atoms with Gasteiger partial charge in [-0.25, -0.2) is 9.59 Å². The van der Waals surface area contributed by atoms with Gasteiger partial charge in [0.2, 0.25) is 5.91 Å². The molecule has 2 N–H and O–H groups in total. The molecular weight excluding hydrogens is 250 g/mol. The van der Waals surface area contributed by atoms with Gasteiger partial charge >= 0.3 is 12.0 Å². The van der Waals surface area contributed by atoms with Crippen molar-refractivity contribution >= 4 is 17.9 Å². The molecule has 0 aliphatic heterocycles. The van der Waals surface area contributed by atoms with Gasteiger partial charge in [-0.3, -0.25) is 4.79 Å². The van der Waals surface area contributed by atoms with E-state index < -0.39 is 18.0 Å². The van der Waals surface area contributed by atoms with Gasteiger partial charge in [0.25, 0.3) is 0 Å². The predicted molar refractivity (Wildman–Crippen MR) is 70.8 cm³/mol. The van der Waals surface area contributed by atoms with Gasteiger partial charge in [-0.2, -0.15) is 0 Å². The SMILES string of the molecule is CCC(C(=O)O)N(C)C(=O)NCC(=O)N(CC)CC. The second-order valence-corrected chi connectivity index (χ2v) is 4.10. The fraction of sp³-hybridized carbons (Fsp3) is 0.750. The summed E-state index contributed by atoms with van der Waals surface area (Å²) < 4.78 is 0. The van der Waals surface area contributed by atoms with Crippen LogP contribution in [0.15, 0.2) is 0 Å². The minimum Gasteiger partial charge on any atom is -0.480 e. The largest absolute Gasteiger partial charge is 0.480 e. The summed E-state index contributed by atoms with van der Waals surface area (Å²) in [5.74, 6) is -1.25. The van der Waals surface area contributed by atoms with Gasteiger partial charge in [0.15, 0.2) is 0 Å². The maximum atomic E-state index is 11.7. The van der Waals surface area contributed by atoms with Crippen molar-refractivity contribution in [3.05, 3.63) is 0 Å². The average molecular weight is 273 g/mol. The Morgan fingerprint density at radius 2 is 1.68 bits per heavy atom. The van der Waals surface area contributed by atoms with E-state index in [0.29, 0.717) is 19.5 Å². The number of carbonyl (C=O) groups is 3. The maximum Gasteiger partial charge on any atom is 0.326 e. The van der Waals surface area contributed by atoms with E-state index in [1.165, 1.54) is 7.05 Å². The number of aliphatic carboxylic acids is 1. The number of carboxylic acid groups (broad SMARTS) is 1. The minimum absolute atomic E-state index is 0.124. The lowest BCUT2D eigenvalue weighted by Crippen LogP contribution is -2.49. The molecule has 0 aliphatic carbocycles. The van der Waals surface area contributed by atoms with E-state index in [2.05, 4.69) is 5.32 Å². The summed E-state index contributed by atoms with van der Waals surface area (Å²) in [6, 6.07) is -1.45. The lowest BCUT2D eigenvalue weighted by molar-refractivity contribution is -0.141. The van der Waals surface area contributed by atoms with Crippen molar-refractivity contribution in [2.45, 2.75) is 33.2 Å². The summed E-state index contributed by atoms with van der Waals surface area (Å²) in [7, 11) is 1.40. The number of carboxylic acids is 1. The first kappa shape index (κ1) is 17.2. The Labute approximate surface area is 113 Å². The van der Waals surface area contributed by atoms with E-state index in [4.69, 9.17) is 5.11 Å². The zero-order chi connectivity index (χ0) is 15.0. The number of urea groups is 1. The fourth-order valence-corrected chi connectivity index (χ4v) is 1.72. The Bertz CT molecular complexity index is 329. The van der Waals surface area contributed by atoms with Gasteiger partial charge in [-0.1, -0.05) is 6.92 Å². The number of amides is 3. The molecule has 0 saturated heterocycles. The Balaban J connectivity index is 4.38. The van der Waals surface area contributed by atoms with Crippen molar-refractivity contribution in [3.8, 4) is 0 Å². The van der Waals surface area contributed by atoms with Crippen LogP contribution in [0.2, 0.25) is 0 Å². The highest BCUT2D eigenvalue weighted by Gasteiger charge is 2.25. The number of carbonyl (C=O) groups excluding carboxylic acids is 2. The summed E-state index contributed by atoms with van der Waals surface area (Å²) in [6.45, 7) is 6.42. The van der Waals surface area contributed by atoms with Crippen LogP contribution in [0.5, 0.6) is 0 Å². The van der Waals surface area contributed by atoms with Crippen LogP contribution in [0.4, 0.5) is 4.79 Å². The summed E-state index contributed by atoms with van der Waals surface area (Å²) in [6.07, 6.45) is 0.309. The van der Waals surface area contributed by atoms with Gasteiger partial charge in [0.1, 0.15) is 6.04 Å². The van der Waals surface area contributed by atoms with Crippen molar-refractivity contribution in [1.29, 1.82) is 0 Å². The molecule has 0 spiro atoms. The van der Waals surface area contributed by atoms with E-state index in [-0.39, 0.29) is 12.5 Å². The molecule has 0 aliphatic rings. The maximum absolute atomic E-state index is 11.7. The molecule has 0 heterocycles. The van der Waals surface area contributed by atoms with Crippen LogP contribution in [-0.2, 0) is 9.59 Å². The molecule has 0 fully saturated rings. The molecule has 0 saturated carbocycles. The van der Waals surface area contributed by atoms with Crippen LogP contribution in [0, 0.1) is 0 Å². The number of hydrogen-bond donors (Lipinski definition) is 2. The Kier molecular flexibility index (Phi) is 7.55. The van der Waals surface area contributed by atoms with Gasteiger partial charge in [-0.05, 0) is 20.3 Å². The molecule has 1 unspecified atom stereocenters. The van der Waals surface area contributed by atoms with Crippen molar-refractivity contribution in [2.24, 2.45) is 0 Å². The second kappa shape index (κ2) is 8.34. The number of hydrogen-bond acceptors (Lipinski definition) is 3. The molecule has 0 rings (SSSR count). The Morgan fingerprint density at radius 1 is 1.16 bits per heavy atom. The van der Waals surface area contributed by atoms with Crippen LogP contribution in [0.3, 0.4) is 0 Å². The van der Waals surface area contributed by atoms with Crippen molar-refractivity contribution in [3.63, 3.8) is 0 Å². The van der Waals surface area contributed by atoms with Gasteiger partial charge in [0.05, 0.1) is 6.54 Å². The molecule has 0 aromatic carbocycles. The highest BCUT2D eigenvalue weighted by atomic mass is 16.4. The molecule has 3 amide bonds. The second-order valence-electron chi connectivity index (χ2n) is 4.10. The molecule has 1 atom stereocenters. The summed E-state index contributed by atoms with van der Waals surface area (Å²) in [5, 5.41) is 11.4. The predicted octanol–water partition coefficient (Wildman–Crippen LogP) is 0.359. The molecule has 0 bridgehead atoms. The van der Waals surface area contributed by atoms with Crippen molar-refractivity contribution in [2.75, 3.05) is 26.7 Å². The van der Waals surface area contributed by atoms with E-state index in [0.717, 1.165) is 4.90 Å². The first-order valence-electron chi connectivity index (χ1n) is 6.40. The average Bonchev–Trinajstić information content (AvgIpc) is 2.37. The summed E-state index contributed by atoms with van der Waals surface area (Å²) >= 11 is 0. The van der Waals surface area contributed by atoms with Crippen LogP contribution in [0.1, 0.15) is 27.2 Å². The molecule has 0 aromatic heterocycles. The zero-order valence-corrected chi connectivity index (χ0v) is 12.0. The Hall–Kier alpha value is -1.79. The zero-order valence-electron chi connectivity index (χ0n) is 12.0. The normalized spacial score (nSPS) is 11.6. The number of nitrogens with zero attached hydrogens (tertiary/aromatic N) is 2. The van der Waals surface area contributed by atoms with Crippen LogP contribution < -0.4 is 5.32 Å². The molecule has 0 aromatic rings. The molecule has 7 heteroatoms. The van der Waals surface area contributed by atoms with E-state index >= 15 is 0 Å². The third-order valence-corrected chi connectivity index (χ3v) is 2.97. The minimum atomic E-state index is -1.06. The third-order valence-electron chi connectivity index (χ3n) is 2.97. The lowest BCUT2D eigenvalue weighted by Gasteiger charge is -2.25. The summed E-state index contributed by atoms with van der Waals surface area (Å²) in [4.78, 5) is 37.0. The van der Waals surface area contributed by atoms with Crippen LogP contribution >= 0.6 is 0 Å². The first-order valence-corrected chi connectivity index (χ1v) is 6.40. The number of rotatable bonds is 7. The van der Waals surface area contributed by atoms with Crippen molar-refractivity contribution < 1.29 is 19.5 Å². The van der Waals surface area contributed by atoms with Crippen LogP contribution in [-0.4, -0.2) is 65.5 Å². The molecule has 19 heavy (non-hydrogen) atoms. The first-order chi connectivity index (χ1) is 8.88. The van der Waals surface area contributed by atoms with E-state index in [9.17, 15) is 14.4 Å². The van der Waals surface area contributed by atoms with E-state index in [1.807, 2.05) is 13.8 Å². The van der Waals surface area contributed by atoms with Gasteiger partial charge in [-0.15, -0.1) is 0 Å². The lowest BCUT2D eigenvalue weighted by atomic mass is 10.2. The third kappa shape index (κ3) is 5.15. The topological polar surface area (TPSA) is 90.0 Å². The monoisotopic (exact) mass is 273 g/mol. The fourth-order valence-electron chi connectivity index (χ4n) is 1.72. The Morgan fingerprint density at radius 3 is 2.05 bits per heavy atom. The number of nitrogens with one attached hydrogen (secondary N) is 1. The van der Waals surface area contributed by atoms with Crippen LogP contribution in [0.25, 0.3) is 0 Å². The smallest absolute Gasteiger partial charge is 0.326 e. The molecule has 0 radical (unpaired) electrons.